The van der Waals surface area contributed by atoms with Crippen LogP contribution in [0.25, 0.3) is 0 Å². The van der Waals surface area contributed by atoms with E-state index in [1.54, 1.807) is 0 Å². The Bertz CT molecular complexity index is 554. The molecule has 1 N–H and O–H groups in total. The Kier molecular flexibility index (Phi) is 5.05. The molecule has 0 aliphatic heterocycles. The molecular formula is C15H23NO3S. The van der Waals surface area contributed by atoms with Gasteiger partial charge in [0.15, 0.2) is 9.84 Å². The maximum absolute atomic E-state index is 11.7. The van der Waals surface area contributed by atoms with Gasteiger partial charge in [0.1, 0.15) is 12.4 Å². The number of sulfone groups is 1. The van der Waals surface area contributed by atoms with E-state index in [-0.39, 0.29) is 18.1 Å². The molecule has 5 heteroatoms. The van der Waals surface area contributed by atoms with Gasteiger partial charge in [0.2, 0.25) is 0 Å². The van der Waals surface area contributed by atoms with Crippen LogP contribution in [0.3, 0.4) is 0 Å². The summed E-state index contributed by atoms with van der Waals surface area (Å²) in [6.45, 7) is 2.11. The molecule has 20 heavy (non-hydrogen) atoms. The first-order valence-electron chi connectivity index (χ1n) is 7.19. The Morgan fingerprint density at radius 3 is 2.85 bits per heavy atom. The van der Waals surface area contributed by atoms with E-state index >= 15 is 0 Å². The summed E-state index contributed by atoms with van der Waals surface area (Å²) < 4.78 is 29.0. The topological polar surface area (TPSA) is 55.4 Å². The van der Waals surface area contributed by atoms with Crippen LogP contribution in [0.5, 0.6) is 5.75 Å². The molecule has 0 saturated heterocycles. The van der Waals surface area contributed by atoms with Gasteiger partial charge in [-0.15, -0.1) is 0 Å². The van der Waals surface area contributed by atoms with Crippen molar-refractivity contribution in [2.45, 2.75) is 32.2 Å². The zero-order valence-corrected chi connectivity index (χ0v) is 13.0. The summed E-state index contributed by atoms with van der Waals surface area (Å²) >= 11 is 0. The van der Waals surface area contributed by atoms with Crippen LogP contribution in [0.4, 0.5) is 0 Å². The van der Waals surface area contributed by atoms with Crippen molar-refractivity contribution in [1.82, 2.24) is 5.32 Å². The molecule has 0 bridgehead atoms. The van der Waals surface area contributed by atoms with Crippen molar-refractivity contribution in [3.05, 3.63) is 29.3 Å². The van der Waals surface area contributed by atoms with Gasteiger partial charge in [-0.3, -0.25) is 0 Å². The van der Waals surface area contributed by atoms with E-state index in [0.717, 1.165) is 18.6 Å². The molecular weight excluding hydrogens is 274 g/mol. The molecule has 0 aromatic heterocycles. The molecule has 0 fully saturated rings. The monoisotopic (exact) mass is 297 g/mol. The van der Waals surface area contributed by atoms with E-state index in [2.05, 4.69) is 11.4 Å². The second kappa shape index (κ2) is 6.59. The van der Waals surface area contributed by atoms with Gasteiger partial charge in [-0.1, -0.05) is 19.1 Å². The number of rotatable bonds is 7. The van der Waals surface area contributed by atoms with Gasteiger partial charge >= 0.3 is 0 Å². The first-order chi connectivity index (χ1) is 9.57. The average molecular weight is 297 g/mol. The van der Waals surface area contributed by atoms with Crippen molar-refractivity contribution < 1.29 is 13.2 Å². The largest absolute Gasteiger partial charge is 0.492 e. The summed E-state index contributed by atoms with van der Waals surface area (Å²) in [5.41, 5.74) is 2.50. The molecule has 1 aliphatic carbocycles. The fraction of sp³-hybridized carbons (Fsp3) is 0.600. The Balaban J connectivity index is 2.00. The van der Waals surface area contributed by atoms with Gasteiger partial charge in [-0.05, 0) is 43.5 Å². The first-order valence-corrected chi connectivity index (χ1v) is 9.02. The van der Waals surface area contributed by atoms with Crippen LogP contribution in [0.1, 0.15) is 36.9 Å². The standard InChI is InChI=1S/C15H23NO3S/c1-3-10-20(17,18)11-9-19-15-6-4-5-12-13(15)7-8-14(12)16-2/h4-6,14,16H,3,7-11H2,1-2H3. The number of hydrogen-bond donors (Lipinski definition) is 1. The van der Waals surface area contributed by atoms with Crippen LogP contribution in [-0.2, 0) is 16.3 Å². The van der Waals surface area contributed by atoms with Gasteiger partial charge < -0.3 is 10.1 Å². The molecule has 0 spiro atoms. The molecule has 0 radical (unpaired) electrons. The summed E-state index contributed by atoms with van der Waals surface area (Å²) in [5, 5.41) is 3.29. The highest BCUT2D eigenvalue weighted by atomic mass is 32.2. The van der Waals surface area contributed by atoms with E-state index in [1.807, 2.05) is 26.1 Å². The minimum Gasteiger partial charge on any atom is -0.492 e. The average Bonchev–Trinajstić information content (AvgIpc) is 2.82. The highest BCUT2D eigenvalue weighted by Gasteiger charge is 2.23. The zero-order valence-electron chi connectivity index (χ0n) is 12.2. The fourth-order valence-electron chi connectivity index (χ4n) is 2.75. The summed E-state index contributed by atoms with van der Waals surface area (Å²) in [4.78, 5) is 0. The Morgan fingerprint density at radius 1 is 1.35 bits per heavy atom. The lowest BCUT2D eigenvalue weighted by atomic mass is 10.1. The summed E-state index contributed by atoms with van der Waals surface area (Å²) in [5.74, 6) is 1.18. The van der Waals surface area contributed by atoms with E-state index < -0.39 is 9.84 Å². The van der Waals surface area contributed by atoms with Crippen molar-refractivity contribution in [2.75, 3.05) is 25.2 Å². The third-order valence-electron chi connectivity index (χ3n) is 3.74. The minimum absolute atomic E-state index is 0.0972. The van der Waals surface area contributed by atoms with Gasteiger partial charge in [0.25, 0.3) is 0 Å². The lowest BCUT2D eigenvalue weighted by Crippen LogP contribution is -2.17. The van der Waals surface area contributed by atoms with Crippen molar-refractivity contribution in [1.29, 1.82) is 0 Å². The molecule has 1 atom stereocenters. The van der Waals surface area contributed by atoms with Gasteiger partial charge in [0, 0.05) is 6.04 Å². The Morgan fingerprint density at radius 2 is 2.15 bits per heavy atom. The summed E-state index contributed by atoms with van der Waals surface area (Å²) in [6.07, 6.45) is 2.71. The van der Waals surface area contributed by atoms with Crippen LogP contribution < -0.4 is 10.1 Å². The quantitative estimate of drug-likeness (QED) is 0.837. The van der Waals surface area contributed by atoms with Crippen LogP contribution >= 0.6 is 0 Å². The van der Waals surface area contributed by atoms with Crippen LogP contribution in [-0.4, -0.2) is 33.6 Å². The van der Waals surface area contributed by atoms with Crippen LogP contribution in [0, 0.1) is 0 Å². The molecule has 0 heterocycles. The number of benzene rings is 1. The van der Waals surface area contributed by atoms with Gasteiger partial charge in [-0.25, -0.2) is 8.42 Å². The molecule has 1 unspecified atom stereocenters. The molecule has 112 valence electrons. The van der Waals surface area contributed by atoms with E-state index in [4.69, 9.17) is 4.74 Å². The van der Waals surface area contributed by atoms with E-state index in [0.29, 0.717) is 12.5 Å². The third-order valence-corrected chi connectivity index (χ3v) is 5.56. The SMILES string of the molecule is CCCS(=O)(=O)CCOc1cccc2c1CCC2NC. The van der Waals surface area contributed by atoms with Crippen LogP contribution in [0.15, 0.2) is 18.2 Å². The lowest BCUT2D eigenvalue weighted by Gasteiger charge is -2.13. The highest BCUT2D eigenvalue weighted by molar-refractivity contribution is 7.91. The van der Waals surface area contributed by atoms with E-state index in [1.165, 1.54) is 11.1 Å². The highest BCUT2D eigenvalue weighted by Crippen LogP contribution is 2.36. The number of ether oxygens (including phenoxy) is 1. The molecule has 0 amide bonds. The summed E-state index contributed by atoms with van der Waals surface area (Å²) in [7, 11) is -1.01. The molecule has 4 nitrogen and oxygen atoms in total. The molecule has 2 rings (SSSR count). The lowest BCUT2D eigenvalue weighted by molar-refractivity contribution is 0.337. The number of nitrogens with one attached hydrogen (secondary N) is 1. The van der Waals surface area contributed by atoms with Gasteiger partial charge in [0.05, 0.1) is 11.5 Å². The van der Waals surface area contributed by atoms with Crippen LogP contribution in [0.2, 0.25) is 0 Å². The van der Waals surface area contributed by atoms with Crippen molar-refractivity contribution in [3.8, 4) is 5.75 Å². The number of hydrogen-bond acceptors (Lipinski definition) is 4. The summed E-state index contributed by atoms with van der Waals surface area (Å²) in [6, 6.07) is 6.41. The second-order valence-corrected chi connectivity index (χ2v) is 7.51. The zero-order chi connectivity index (χ0) is 14.6. The molecule has 1 aromatic carbocycles. The Labute approximate surface area is 121 Å². The molecule has 1 aliphatic rings. The maximum Gasteiger partial charge on any atom is 0.153 e. The molecule has 0 saturated carbocycles. The molecule has 1 aromatic rings. The fourth-order valence-corrected chi connectivity index (χ4v) is 3.91. The number of fused-ring (bicyclic) bond motifs is 1. The van der Waals surface area contributed by atoms with E-state index in [9.17, 15) is 8.42 Å². The van der Waals surface area contributed by atoms with Crippen molar-refractivity contribution in [3.63, 3.8) is 0 Å². The Hall–Kier alpha value is -1.07. The first kappa shape index (κ1) is 15.3. The maximum atomic E-state index is 11.7. The predicted octanol–water partition coefficient (Wildman–Crippen LogP) is 2.10. The van der Waals surface area contributed by atoms with Crippen molar-refractivity contribution >= 4 is 9.84 Å². The van der Waals surface area contributed by atoms with Crippen molar-refractivity contribution in [2.24, 2.45) is 0 Å². The minimum atomic E-state index is -2.97. The smallest absolute Gasteiger partial charge is 0.153 e. The second-order valence-electron chi connectivity index (χ2n) is 5.20. The normalized spacial score (nSPS) is 18.0. The predicted molar refractivity (Wildman–Crippen MR) is 81.0 cm³/mol. The van der Waals surface area contributed by atoms with Gasteiger partial charge in [-0.2, -0.15) is 0 Å². The third kappa shape index (κ3) is 3.52.